The summed E-state index contributed by atoms with van der Waals surface area (Å²) < 4.78 is 65.4. The van der Waals surface area contributed by atoms with E-state index in [-0.39, 0.29) is 23.1 Å². The maximum Gasteiger partial charge on any atom is 0.421 e. The molecule has 0 radical (unpaired) electrons. The number of halogens is 3. The quantitative estimate of drug-likeness (QED) is 0.502. The summed E-state index contributed by atoms with van der Waals surface area (Å²) >= 11 is 0. The molecule has 0 saturated carbocycles. The highest BCUT2D eigenvalue weighted by molar-refractivity contribution is 7.89. The highest BCUT2D eigenvalue weighted by Crippen LogP contribution is 2.37. The van der Waals surface area contributed by atoms with Crippen LogP contribution in [-0.4, -0.2) is 42.3 Å². The number of benzene rings is 1. The first-order valence-electron chi connectivity index (χ1n) is 8.07. The van der Waals surface area contributed by atoms with Crippen LogP contribution in [0.15, 0.2) is 41.6 Å². The molecule has 2 aromatic rings. The van der Waals surface area contributed by atoms with Gasteiger partial charge in [-0.2, -0.15) is 13.2 Å². The number of nitrogen functional groups attached to an aromatic ring is 1. The van der Waals surface area contributed by atoms with E-state index in [0.717, 1.165) is 12.4 Å². The molecule has 1 unspecified atom stereocenters. The molecular formula is C16H20F3N5O3S. The predicted molar refractivity (Wildman–Crippen MR) is 96.8 cm³/mol. The van der Waals surface area contributed by atoms with Gasteiger partial charge in [-0.25, -0.2) is 23.1 Å². The van der Waals surface area contributed by atoms with Gasteiger partial charge in [0.25, 0.3) is 0 Å². The van der Waals surface area contributed by atoms with E-state index in [2.05, 4.69) is 20.0 Å². The van der Waals surface area contributed by atoms with Crippen LogP contribution in [0, 0.1) is 0 Å². The van der Waals surface area contributed by atoms with Crippen molar-refractivity contribution in [3.8, 4) is 0 Å². The smallest absolute Gasteiger partial charge is 0.398 e. The Kier molecular flexibility index (Phi) is 6.16. The van der Waals surface area contributed by atoms with Gasteiger partial charge >= 0.3 is 6.18 Å². The molecule has 1 aromatic heterocycles. The zero-order valence-electron chi connectivity index (χ0n) is 15.0. The number of para-hydroxylation sites is 1. The molecule has 0 aliphatic carbocycles. The van der Waals surface area contributed by atoms with Gasteiger partial charge in [0, 0.05) is 30.5 Å². The molecule has 2 rings (SSSR count). The number of aromatic nitrogens is 2. The average Bonchev–Trinajstić information content (AvgIpc) is 2.60. The van der Waals surface area contributed by atoms with Crippen LogP contribution in [0.25, 0.3) is 0 Å². The Bertz CT molecular complexity index is 918. The van der Waals surface area contributed by atoms with E-state index < -0.39 is 33.4 Å². The Morgan fingerprint density at radius 2 is 1.79 bits per heavy atom. The van der Waals surface area contributed by atoms with Crippen LogP contribution in [-0.2, 0) is 15.6 Å². The Balaban J connectivity index is 2.00. The lowest BCUT2D eigenvalue weighted by molar-refractivity contribution is -0.259. The third-order valence-corrected chi connectivity index (χ3v) is 5.43. The van der Waals surface area contributed by atoms with Gasteiger partial charge in [-0.3, -0.25) is 0 Å². The molecule has 8 nitrogen and oxygen atoms in total. The highest BCUT2D eigenvalue weighted by atomic mass is 32.2. The third-order valence-electron chi connectivity index (χ3n) is 3.93. The maximum absolute atomic E-state index is 12.8. The van der Waals surface area contributed by atoms with Crippen LogP contribution >= 0.6 is 0 Å². The summed E-state index contributed by atoms with van der Waals surface area (Å²) in [6, 6.07) is 5.48. The summed E-state index contributed by atoms with van der Waals surface area (Å²) in [6.45, 7) is 2.17. The second kappa shape index (κ2) is 7.89. The van der Waals surface area contributed by atoms with Crippen molar-refractivity contribution in [1.29, 1.82) is 0 Å². The first-order valence-corrected chi connectivity index (χ1v) is 9.55. The summed E-state index contributed by atoms with van der Waals surface area (Å²) in [5.41, 5.74) is 2.17. The van der Waals surface area contributed by atoms with Crippen molar-refractivity contribution in [3.63, 3.8) is 0 Å². The fourth-order valence-corrected chi connectivity index (χ4v) is 3.39. The zero-order valence-corrected chi connectivity index (χ0v) is 15.8. The van der Waals surface area contributed by atoms with Crippen LogP contribution in [0.5, 0.6) is 0 Å². The molecule has 0 amide bonds. The number of alkyl halides is 3. The maximum atomic E-state index is 12.8. The topological polar surface area (TPSA) is 130 Å². The number of anilines is 2. The van der Waals surface area contributed by atoms with Crippen LogP contribution in [0.3, 0.4) is 0 Å². The molecule has 154 valence electrons. The van der Waals surface area contributed by atoms with E-state index in [1.807, 2.05) is 0 Å². The van der Waals surface area contributed by atoms with Crippen LogP contribution < -0.4 is 15.8 Å². The van der Waals surface area contributed by atoms with Crippen LogP contribution in [0.4, 0.5) is 24.8 Å². The number of hydrogen-bond donors (Lipinski definition) is 4. The first-order chi connectivity index (χ1) is 12.8. The van der Waals surface area contributed by atoms with E-state index in [1.165, 1.54) is 18.2 Å². The van der Waals surface area contributed by atoms with Crippen molar-refractivity contribution in [1.82, 2.24) is 14.7 Å². The van der Waals surface area contributed by atoms with E-state index in [1.54, 1.807) is 13.0 Å². The molecule has 0 saturated heterocycles. The van der Waals surface area contributed by atoms with E-state index in [9.17, 15) is 26.7 Å². The first kappa shape index (κ1) is 21.9. The zero-order chi connectivity index (χ0) is 21.2. The second-order valence-electron chi connectivity index (χ2n) is 6.30. The molecule has 1 heterocycles. The summed E-state index contributed by atoms with van der Waals surface area (Å²) in [4.78, 5) is 7.41. The number of rotatable bonds is 7. The third kappa shape index (κ3) is 4.88. The largest absolute Gasteiger partial charge is 0.421 e. The van der Waals surface area contributed by atoms with Crippen LogP contribution in [0.1, 0.15) is 19.4 Å². The minimum Gasteiger partial charge on any atom is -0.398 e. The fraction of sp³-hybridized carbons (Fsp3) is 0.375. The molecule has 0 aliphatic rings. The van der Waals surface area contributed by atoms with Gasteiger partial charge in [0.15, 0.2) is 5.60 Å². The monoisotopic (exact) mass is 419 g/mol. The highest BCUT2D eigenvalue weighted by Gasteiger charge is 2.51. The normalized spacial score (nSPS) is 15.6. The SMILES string of the molecule is C[C@@H](CNS(=O)(=O)c1ccccc1N)Nc1ncc(C(C)(O)C(F)(F)F)cn1. The lowest BCUT2D eigenvalue weighted by Gasteiger charge is -2.26. The number of sulfonamides is 1. The molecule has 12 heteroatoms. The van der Waals surface area contributed by atoms with Gasteiger partial charge in [0.1, 0.15) is 4.90 Å². The fourth-order valence-electron chi connectivity index (χ4n) is 2.13. The lowest BCUT2D eigenvalue weighted by Crippen LogP contribution is -2.39. The Morgan fingerprint density at radius 1 is 1.21 bits per heavy atom. The van der Waals surface area contributed by atoms with Crippen LogP contribution in [0.2, 0.25) is 0 Å². The van der Waals surface area contributed by atoms with Crippen molar-refractivity contribution in [2.24, 2.45) is 0 Å². The van der Waals surface area contributed by atoms with Gasteiger partial charge in [-0.1, -0.05) is 12.1 Å². The molecular weight excluding hydrogens is 399 g/mol. The average molecular weight is 419 g/mol. The Hall–Kier alpha value is -2.44. The second-order valence-corrected chi connectivity index (χ2v) is 8.04. The summed E-state index contributed by atoms with van der Waals surface area (Å²) in [5, 5.41) is 12.3. The van der Waals surface area contributed by atoms with Crippen molar-refractivity contribution in [3.05, 3.63) is 42.2 Å². The van der Waals surface area contributed by atoms with Gasteiger partial charge in [0.05, 0.1) is 5.69 Å². The van der Waals surface area contributed by atoms with Crippen molar-refractivity contribution < 1.29 is 26.7 Å². The number of aliphatic hydroxyl groups is 1. The molecule has 0 aliphatic heterocycles. The minimum absolute atomic E-state index is 0.0207. The van der Waals surface area contributed by atoms with Gasteiger partial charge in [-0.15, -0.1) is 0 Å². The number of nitrogens with one attached hydrogen (secondary N) is 2. The van der Waals surface area contributed by atoms with Crippen molar-refractivity contribution in [2.45, 2.75) is 36.6 Å². The summed E-state index contributed by atoms with van der Waals surface area (Å²) in [6.07, 6.45) is -3.18. The molecule has 2 atom stereocenters. The number of nitrogens with two attached hydrogens (primary N) is 1. The molecule has 28 heavy (non-hydrogen) atoms. The summed E-state index contributed by atoms with van der Waals surface area (Å²) in [5.74, 6) is -0.0207. The van der Waals surface area contributed by atoms with E-state index >= 15 is 0 Å². The lowest BCUT2D eigenvalue weighted by atomic mass is 9.99. The van der Waals surface area contributed by atoms with Crippen molar-refractivity contribution in [2.75, 3.05) is 17.6 Å². The molecule has 1 aromatic carbocycles. The predicted octanol–water partition coefficient (Wildman–Crippen LogP) is 1.61. The molecule has 0 bridgehead atoms. The van der Waals surface area contributed by atoms with Gasteiger partial charge < -0.3 is 16.2 Å². The van der Waals surface area contributed by atoms with Crippen molar-refractivity contribution >= 4 is 21.7 Å². The Morgan fingerprint density at radius 3 is 2.32 bits per heavy atom. The molecule has 0 spiro atoms. The standard InChI is InChI=1S/C16H20F3N5O3S/c1-10(7-23-28(26,27)13-6-4-3-5-12(13)20)24-14-21-8-11(9-22-14)15(2,25)16(17,18)19/h3-6,8-10,23,25H,7,20H2,1-2H3,(H,21,22,24)/t10-,15?/m0/s1. The Labute approximate surface area is 160 Å². The minimum atomic E-state index is -4.88. The number of hydrogen-bond acceptors (Lipinski definition) is 7. The van der Waals surface area contributed by atoms with Gasteiger partial charge in [-0.05, 0) is 26.0 Å². The number of nitrogens with zero attached hydrogens (tertiary/aromatic N) is 2. The molecule has 5 N–H and O–H groups in total. The van der Waals surface area contributed by atoms with Gasteiger partial charge in [0.2, 0.25) is 16.0 Å². The molecule has 0 fully saturated rings. The van der Waals surface area contributed by atoms with E-state index in [0.29, 0.717) is 6.92 Å². The van der Waals surface area contributed by atoms with E-state index in [4.69, 9.17) is 5.73 Å². The summed E-state index contributed by atoms with van der Waals surface area (Å²) in [7, 11) is -3.83.